The minimum Gasteiger partial charge on any atom is -0.451 e. The van der Waals surface area contributed by atoms with Crippen LogP contribution in [0.2, 0.25) is 0 Å². The van der Waals surface area contributed by atoms with Crippen molar-refractivity contribution in [1.29, 1.82) is 0 Å². The van der Waals surface area contributed by atoms with E-state index in [0.29, 0.717) is 5.89 Å². The van der Waals surface area contributed by atoms with Gasteiger partial charge in [0.05, 0.1) is 6.54 Å². The van der Waals surface area contributed by atoms with Gasteiger partial charge in [-0.05, 0) is 6.92 Å². The highest BCUT2D eigenvalue weighted by atomic mass is 19.4. The molecule has 162 valence electrons. The quantitative estimate of drug-likeness (QED) is 0.558. The number of hydrogen-bond acceptors (Lipinski definition) is 9. The summed E-state index contributed by atoms with van der Waals surface area (Å²) < 4.78 is 76.0. The van der Waals surface area contributed by atoms with Gasteiger partial charge in [-0.1, -0.05) is 0 Å². The molecule has 0 bridgehead atoms. The Morgan fingerprint density at radius 2 is 1.97 bits per heavy atom. The minimum atomic E-state index is -4.66. The number of aryl methyl sites for hydroxylation is 1. The Labute approximate surface area is 165 Å². The van der Waals surface area contributed by atoms with E-state index in [1.165, 1.54) is 4.90 Å². The minimum absolute atomic E-state index is 0.0379. The van der Waals surface area contributed by atoms with E-state index in [2.05, 4.69) is 30.4 Å². The second-order valence-corrected chi connectivity index (χ2v) is 6.78. The molecule has 3 aromatic heterocycles. The Kier molecular flexibility index (Phi) is 4.69. The summed E-state index contributed by atoms with van der Waals surface area (Å²) in [6.45, 7) is 1.59. The zero-order chi connectivity index (χ0) is 21.7. The van der Waals surface area contributed by atoms with Crippen LogP contribution in [0.5, 0.6) is 6.01 Å². The van der Waals surface area contributed by atoms with Crippen molar-refractivity contribution in [1.82, 2.24) is 35.2 Å². The molecule has 30 heavy (non-hydrogen) atoms. The second-order valence-electron chi connectivity index (χ2n) is 6.78. The third kappa shape index (κ3) is 4.09. The lowest BCUT2D eigenvalue weighted by Gasteiger charge is -2.19. The highest BCUT2D eigenvalue weighted by Crippen LogP contribution is 2.34. The van der Waals surface area contributed by atoms with Crippen LogP contribution in [0.15, 0.2) is 4.42 Å². The van der Waals surface area contributed by atoms with Crippen molar-refractivity contribution in [3.05, 3.63) is 11.8 Å². The molecule has 0 unspecified atom stereocenters. The lowest BCUT2D eigenvalue weighted by atomic mass is 10.3. The molecule has 0 radical (unpaired) electrons. The number of hydrogen-bond donors (Lipinski definition) is 0. The Hall–Kier alpha value is -3.13. The summed E-state index contributed by atoms with van der Waals surface area (Å²) in [7, 11) is 0. The molecule has 3 aromatic rings. The molecule has 1 fully saturated rings. The number of anilines is 1. The van der Waals surface area contributed by atoms with E-state index in [4.69, 9.17) is 9.15 Å². The van der Waals surface area contributed by atoms with Crippen LogP contribution >= 0.6 is 0 Å². The van der Waals surface area contributed by atoms with Crippen molar-refractivity contribution in [3.63, 3.8) is 0 Å². The molecule has 1 aliphatic heterocycles. The van der Waals surface area contributed by atoms with Crippen LogP contribution in [0.25, 0.3) is 11.2 Å². The van der Waals surface area contributed by atoms with E-state index >= 15 is 0 Å². The molecule has 0 amide bonds. The summed E-state index contributed by atoms with van der Waals surface area (Å²) in [5, 5.41) is 15.7. The standard InChI is InChI=1S/C15H15F5N8O2/c1-7(15(18,19)20)29-13-21-11-10(12(22-13)27-4-3-14(16,17)6-27)25-28(26-11)5-9-24-23-8(2)30-9/h7H,3-6H2,1-2H3/t7-/m0/s1. The Bertz CT molecular complexity index is 1070. The van der Waals surface area contributed by atoms with Gasteiger partial charge in [0.1, 0.15) is 6.54 Å². The van der Waals surface area contributed by atoms with Crippen molar-refractivity contribution < 1.29 is 31.1 Å². The van der Waals surface area contributed by atoms with Crippen LogP contribution in [0, 0.1) is 6.92 Å². The Morgan fingerprint density at radius 3 is 2.57 bits per heavy atom. The van der Waals surface area contributed by atoms with E-state index in [-0.39, 0.29) is 36.0 Å². The van der Waals surface area contributed by atoms with Crippen LogP contribution in [0.3, 0.4) is 0 Å². The first-order valence-corrected chi connectivity index (χ1v) is 8.78. The SMILES string of the molecule is Cc1nnc(Cn2nc3nc(O[C@@H](C)C(F)(F)F)nc(N4CCC(F)(F)C4)c3n2)o1. The molecule has 4 rings (SSSR count). The summed E-state index contributed by atoms with van der Waals surface area (Å²) >= 11 is 0. The molecule has 1 saturated heterocycles. The van der Waals surface area contributed by atoms with Gasteiger partial charge in [-0.25, -0.2) is 8.78 Å². The predicted molar refractivity (Wildman–Crippen MR) is 89.2 cm³/mol. The van der Waals surface area contributed by atoms with Gasteiger partial charge in [-0.15, -0.1) is 20.4 Å². The van der Waals surface area contributed by atoms with Gasteiger partial charge in [-0.2, -0.15) is 27.9 Å². The third-order valence-corrected chi connectivity index (χ3v) is 4.31. The van der Waals surface area contributed by atoms with Gasteiger partial charge in [0.2, 0.25) is 17.4 Å². The van der Waals surface area contributed by atoms with Crippen LogP contribution < -0.4 is 9.64 Å². The highest BCUT2D eigenvalue weighted by molar-refractivity contribution is 5.83. The predicted octanol–water partition coefficient (Wildman–Crippen LogP) is 2.14. The van der Waals surface area contributed by atoms with Crippen molar-refractivity contribution in [2.75, 3.05) is 18.0 Å². The average Bonchev–Trinajstić information content (AvgIpc) is 3.32. The molecule has 0 spiro atoms. The van der Waals surface area contributed by atoms with E-state index in [0.717, 1.165) is 11.7 Å². The first-order valence-electron chi connectivity index (χ1n) is 8.78. The van der Waals surface area contributed by atoms with Gasteiger partial charge < -0.3 is 14.1 Å². The van der Waals surface area contributed by atoms with E-state index in [9.17, 15) is 22.0 Å². The van der Waals surface area contributed by atoms with Gasteiger partial charge >= 0.3 is 12.2 Å². The molecule has 10 nitrogen and oxygen atoms in total. The fraction of sp³-hybridized carbons (Fsp3) is 0.600. The normalized spacial score (nSPS) is 17.6. The first kappa shape index (κ1) is 20.2. The number of aromatic nitrogens is 7. The zero-order valence-corrected chi connectivity index (χ0v) is 15.7. The van der Waals surface area contributed by atoms with Crippen molar-refractivity contribution >= 4 is 17.0 Å². The molecular formula is C15H15F5N8O2. The Morgan fingerprint density at radius 1 is 1.20 bits per heavy atom. The fourth-order valence-corrected chi connectivity index (χ4v) is 2.83. The Balaban J connectivity index is 1.72. The summed E-state index contributed by atoms with van der Waals surface area (Å²) in [4.78, 5) is 10.1. The van der Waals surface area contributed by atoms with Crippen LogP contribution in [-0.4, -0.2) is 66.5 Å². The monoisotopic (exact) mass is 434 g/mol. The maximum Gasteiger partial charge on any atom is 0.425 e. The fourth-order valence-electron chi connectivity index (χ4n) is 2.83. The summed E-state index contributed by atoms with van der Waals surface area (Å²) in [5.74, 6) is -2.56. The third-order valence-electron chi connectivity index (χ3n) is 4.31. The van der Waals surface area contributed by atoms with E-state index in [1.54, 1.807) is 6.92 Å². The maximum atomic E-state index is 13.7. The second kappa shape index (κ2) is 6.98. The van der Waals surface area contributed by atoms with Crippen LogP contribution in [-0.2, 0) is 6.54 Å². The smallest absolute Gasteiger partial charge is 0.425 e. The van der Waals surface area contributed by atoms with E-state index < -0.39 is 37.2 Å². The molecule has 15 heteroatoms. The van der Waals surface area contributed by atoms with Gasteiger partial charge in [0, 0.05) is 19.9 Å². The number of nitrogens with zero attached hydrogens (tertiary/aromatic N) is 8. The number of ether oxygens (including phenoxy) is 1. The number of rotatable bonds is 5. The molecule has 0 aliphatic carbocycles. The first-order chi connectivity index (χ1) is 14.0. The van der Waals surface area contributed by atoms with Gasteiger partial charge in [0.25, 0.3) is 5.92 Å². The van der Waals surface area contributed by atoms with Crippen molar-refractivity contribution in [2.24, 2.45) is 0 Å². The molecule has 0 saturated carbocycles. The van der Waals surface area contributed by atoms with Gasteiger partial charge in [0.15, 0.2) is 17.4 Å². The highest BCUT2D eigenvalue weighted by Gasteiger charge is 2.41. The summed E-state index contributed by atoms with van der Waals surface area (Å²) in [5.41, 5.74) is -0.0771. The summed E-state index contributed by atoms with van der Waals surface area (Å²) in [6, 6.07) is -0.641. The summed E-state index contributed by atoms with van der Waals surface area (Å²) in [6.07, 6.45) is -7.30. The van der Waals surface area contributed by atoms with E-state index in [1.807, 2.05) is 0 Å². The lowest BCUT2D eigenvalue weighted by Crippen LogP contribution is -2.32. The molecule has 0 aromatic carbocycles. The largest absolute Gasteiger partial charge is 0.451 e. The molecule has 1 aliphatic rings. The maximum absolute atomic E-state index is 13.7. The van der Waals surface area contributed by atoms with Crippen molar-refractivity contribution in [3.8, 4) is 6.01 Å². The molecule has 0 N–H and O–H groups in total. The number of fused-ring (bicyclic) bond motifs is 1. The number of alkyl halides is 5. The van der Waals surface area contributed by atoms with Crippen molar-refractivity contribution in [2.45, 2.75) is 45.0 Å². The van der Waals surface area contributed by atoms with Crippen LogP contribution in [0.1, 0.15) is 25.1 Å². The van der Waals surface area contributed by atoms with Crippen LogP contribution in [0.4, 0.5) is 27.8 Å². The molecule has 1 atom stereocenters. The topological polar surface area (TPSA) is 108 Å². The van der Waals surface area contributed by atoms with Gasteiger partial charge in [-0.3, -0.25) is 0 Å². The zero-order valence-electron chi connectivity index (χ0n) is 15.7. The number of halogens is 5. The molecule has 4 heterocycles. The lowest BCUT2D eigenvalue weighted by molar-refractivity contribution is -0.190. The average molecular weight is 434 g/mol. The molecular weight excluding hydrogens is 419 g/mol.